The van der Waals surface area contributed by atoms with E-state index in [2.05, 4.69) is 35.2 Å². The Balaban J connectivity index is 1.59. The average Bonchev–Trinajstić information content (AvgIpc) is 3.31. The van der Waals surface area contributed by atoms with Crippen molar-refractivity contribution in [3.05, 3.63) is 102 Å². The van der Waals surface area contributed by atoms with Crippen molar-refractivity contribution in [2.45, 2.75) is 12.0 Å². The van der Waals surface area contributed by atoms with Crippen LogP contribution in [0.5, 0.6) is 0 Å². The maximum absolute atomic E-state index is 11.4. The number of para-hydroxylation sites is 1. The standard InChI is InChI=1S/C25H23N3O/c1-27(2)19-14-12-18(13-15-19)25(29)24-20-10-6-7-11-22(20)28-23(24)16-21(26-28)17-8-4-3-5-9-17/h3-16,24-25,29H,1-2H3. The van der Waals surface area contributed by atoms with Crippen molar-refractivity contribution in [1.82, 2.24) is 9.78 Å². The Hall–Kier alpha value is -3.37. The molecule has 0 saturated carbocycles. The maximum atomic E-state index is 11.4. The molecule has 4 aromatic rings. The molecule has 0 radical (unpaired) electrons. The largest absolute Gasteiger partial charge is 0.387 e. The van der Waals surface area contributed by atoms with Crippen LogP contribution in [0.2, 0.25) is 0 Å². The highest BCUT2D eigenvalue weighted by Crippen LogP contribution is 2.46. The lowest BCUT2D eigenvalue weighted by atomic mass is 9.87. The lowest BCUT2D eigenvalue weighted by Gasteiger charge is -2.20. The summed E-state index contributed by atoms with van der Waals surface area (Å²) in [5.41, 5.74) is 7.20. The van der Waals surface area contributed by atoms with Crippen molar-refractivity contribution in [3.8, 4) is 16.9 Å². The van der Waals surface area contributed by atoms with Crippen LogP contribution in [-0.2, 0) is 0 Å². The number of aromatic nitrogens is 2. The summed E-state index contributed by atoms with van der Waals surface area (Å²) in [7, 11) is 4.03. The second-order valence-electron chi connectivity index (χ2n) is 7.70. The van der Waals surface area contributed by atoms with E-state index < -0.39 is 6.10 Å². The lowest BCUT2D eigenvalue weighted by Crippen LogP contribution is -2.12. The minimum atomic E-state index is -0.645. The first-order valence-corrected chi connectivity index (χ1v) is 9.83. The van der Waals surface area contributed by atoms with Crippen LogP contribution >= 0.6 is 0 Å². The molecule has 144 valence electrons. The number of hydrogen-bond acceptors (Lipinski definition) is 3. The van der Waals surface area contributed by atoms with Gasteiger partial charge >= 0.3 is 0 Å². The molecule has 1 aliphatic rings. The number of aliphatic hydroxyl groups is 1. The first kappa shape index (κ1) is 17.7. The zero-order valence-electron chi connectivity index (χ0n) is 16.5. The highest BCUT2D eigenvalue weighted by atomic mass is 16.3. The van der Waals surface area contributed by atoms with Gasteiger partial charge in [0.1, 0.15) is 0 Å². The van der Waals surface area contributed by atoms with Crippen molar-refractivity contribution >= 4 is 5.69 Å². The van der Waals surface area contributed by atoms with Crippen molar-refractivity contribution < 1.29 is 5.11 Å². The topological polar surface area (TPSA) is 41.3 Å². The Bertz CT molecular complexity index is 1150. The van der Waals surface area contributed by atoms with Gasteiger partial charge in [0.15, 0.2) is 0 Å². The van der Waals surface area contributed by atoms with Gasteiger partial charge in [-0.15, -0.1) is 0 Å². The van der Waals surface area contributed by atoms with Crippen LogP contribution in [0.25, 0.3) is 16.9 Å². The number of benzene rings is 3. The zero-order chi connectivity index (χ0) is 20.0. The molecule has 2 heterocycles. The quantitative estimate of drug-likeness (QED) is 0.553. The molecule has 2 atom stereocenters. The zero-order valence-corrected chi connectivity index (χ0v) is 16.5. The van der Waals surface area contributed by atoms with Crippen molar-refractivity contribution in [3.63, 3.8) is 0 Å². The predicted molar refractivity (Wildman–Crippen MR) is 117 cm³/mol. The molecular weight excluding hydrogens is 358 g/mol. The molecule has 0 bridgehead atoms. The summed E-state index contributed by atoms with van der Waals surface area (Å²) in [6, 6.07) is 28.6. The molecule has 29 heavy (non-hydrogen) atoms. The average molecular weight is 381 g/mol. The van der Waals surface area contributed by atoms with Gasteiger partial charge in [-0.3, -0.25) is 0 Å². The van der Waals surface area contributed by atoms with Crippen LogP contribution in [0.1, 0.15) is 28.8 Å². The molecular formula is C25H23N3O. The third kappa shape index (κ3) is 2.93. The summed E-state index contributed by atoms with van der Waals surface area (Å²) >= 11 is 0. The van der Waals surface area contributed by atoms with Crippen molar-refractivity contribution in [2.24, 2.45) is 0 Å². The molecule has 4 heteroatoms. The second kappa shape index (κ2) is 6.90. The Morgan fingerprint density at radius 2 is 1.59 bits per heavy atom. The summed E-state index contributed by atoms with van der Waals surface area (Å²) in [6.45, 7) is 0. The number of hydrogen-bond donors (Lipinski definition) is 1. The molecule has 1 aliphatic heterocycles. The fourth-order valence-corrected chi connectivity index (χ4v) is 4.16. The van der Waals surface area contributed by atoms with E-state index in [-0.39, 0.29) is 5.92 Å². The summed E-state index contributed by atoms with van der Waals surface area (Å²) in [5.74, 6) is -0.152. The van der Waals surface area contributed by atoms with Crippen LogP contribution in [-0.4, -0.2) is 29.0 Å². The van der Waals surface area contributed by atoms with Gasteiger partial charge in [-0.2, -0.15) is 5.10 Å². The molecule has 1 aromatic heterocycles. The van der Waals surface area contributed by atoms with E-state index in [9.17, 15) is 5.11 Å². The molecule has 2 unspecified atom stereocenters. The molecule has 1 N–H and O–H groups in total. The number of rotatable bonds is 4. The van der Waals surface area contributed by atoms with Gasteiger partial charge in [-0.05, 0) is 35.4 Å². The van der Waals surface area contributed by atoms with Gasteiger partial charge in [0.25, 0.3) is 0 Å². The minimum Gasteiger partial charge on any atom is -0.387 e. The summed E-state index contributed by atoms with van der Waals surface area (Å²) in [6.07, 6.45) is -0.645. The van der Waals surface area contributed by atoms with E-state index >= 15 is 0 Å². The molecule has 5 rings (SSSR count). The van der Waals surface area contributed by atoms with E-state index in [1.165, 1.54) is 0 Å². The van der Waals surface area contributed by atoms with E-state index in [1.807, 2.05) is 73.4 Å². The minimum absolute atomic E-state index is 0.152. The predicted octanol–water partition coefficient (Wildman–Crippen LogP) is 4.78. The smallest absolute Gasteiger partial charge is 0.0930 e. The first-order valence-electron chi connectivity index (χ1n) is 9.83. The molecule has 0 fully saturated rings. The van der Waals surface area contributed by atoms with Gasteiger partial charge < -0.3 is 10.0 Å². The number of anilines is 1. The molecule has 0 spiro atoms. The monoisotopic (exact) mass is 381 g/mol. The first-order chi connectivity index (χ1) is 14.1. The van der Waals surface area contributed by atoms with E-state index in [1.54, 1.807) is 0 Å². The van der Waals surface area contributed by atoms with Gasteiger partial charge in [0.2, 0.25) is 0 Å². The molecule has 0 saturated heterocycles. The van der Waals surface area contributed by atoms with E-state index in [4.69, 9.17) is 5.10 Å². The Morgan fingerprint density at radius 3 is 2.31 bits per heavy atom. The molecule has 3 aromatic carbocycles. The SMILES string of the molecule is CN(C)c1ccc(C(O)C2c3ccccc3-n3nc(-c4ccccc4)cc32)cc1. The number of aliphatic hydroxyl groups excluding tert-OH is 1. The highest BCUT2D eigenvalue weighted by molar-refractivity contribution is 5.64. The normalized spacial score (nSPS) is 15.6. The van der Waals surface area contributed by atoms with Crippen LogP contribution in [0, 0.1) is 0 Å². The van der Waals surface area contributed by atoms with Crippen LogP contribution in [0.4, 0.5) is 5.69 Å². The van der Waals surface area contributed by atoms with Crippen LogP contribution in [0.15, 0.2) is 84.9 Å². The fraction of sp³-hybridized carbons (Fsp3) is 0.160. The third-order valence-corrected chi connectivity index (χ3v) is 5.69. The summed E-state index contributed by atoms with van der Waals surface area (Å²) in [4.78, 5) is 2.06. The Labute approximate surface area is 170 Å². The Kier molecular flexibility index (Phi) is 4.22. The Morgan fingerprint density at radius 1 is 0.897 bits per heavy atom. The summed E-state index contributed by atoms with van der Waals surface area (Å²) < 4.78 is 1.99. The molecule has 4 nitrogen and oxygen atoms in total. The maximum Gasteiger partial charge on any atom is 0.0930 e. The van der Waals surface area contributed by atoms with Gasteiger partial charge in [-0.25, -0.2) is 4.68 Å². The van der Waals surface area contributed by atoms with Gasteiger partial charge in [0.05, 0.1) is 29.1 Å². The van der Waals surface area contributed by atoms with Crippen LogP contribution in [0.3, 0.4) is 0 Å². The highest BCUT2D eigenvalue weighted by Gasteiger charge is 2.36. The second-order valence-corrected chi connectivity index (χ2v) is 7.70. The van der Waals surface area contributed by atoms with Crippen molar-refractivity contribution in [2.75, 3.05) is 19.0 Å². The van der Waals surface area contributed by atoms with E-state index in [0.29, 0.717) is 0 Å². The van der Waals surface area contributed by atoms with Crippen LogP contribution < -0.4 is 4.90 Å². The number of nitrogens with zero attached hydrogens (tertiary/aromatic N) is 3. The fourth-order valence-electron chi connectivity index (χ4n) is 4.16. The van der Waals surface area contributed by atoms with Gasteiger partial charge in [0, 0.05) is 25.3 Å². The van der Waals surface area contributed by atoms with Gasteiger partial charge in [-0.1, -0.05) is 60.7 Å². The lowest BCUT2D eigenvalue weighted by molar-refractivity contribution is 0.159. The van der Waals surface area contributed by atoms with Crippen molar-refractivity contribution in [1.29, 1.82) is 0 Å². The van der Waals surface area contributed by atoms with E-state index in [0.717, 1.165) is 39.5 Å². The molecule has 0 amide bonds. The molecule has 0 aliphatic carbocycles. The third-order valence-electron chi connectivity index (χ3n) is 5.69. The summed E-state index contributed by atoms with van der Waals surface area (Å²) in [5, 5.41) is 16.2. The number of fused-ring (bicyclic) bond motifs is 3.